The summed E-state index contributed by atoms with van der Waals surface area (Å²) in [6.45, 7) is 1.70. The molecule has 1 heterocycles. The van der Waals surface area contributed by atoms with Crippen LogP contribution in [0.3, 0.4) is 0 Å². The quantitative estimate of drug-likeness (QED) is 0.816. The third-order valence-electron chi connectivity index (χ3n) is 1.63. The largest absolute Gasteiger partial charge is 0.476 e. The molecule has 6 nitrogen and oxygen atoms in total. The first-order chi connectivity index (χ1) is 7.04. The number of nitrogens with one attached hydrogen (secondary N) is 1. The van der Waals surface area contributed by atoms with E-state index in [0.29, 0.717) is 5.01 Å². The third-order valence-corrected chi connectivity index (χ3v) is 2.66. The highest BCUT2D eigenvalue weighted by Crippen LogP contribution is 2.17. The number of aromatic carboxylic acids is 1. The molecule has 0 aliphatic carbocycles. The molecule has 0 bridgehead atoms. The van der Waals surface area contributed by atoms with Gasteiger partial charge in [0.05, 0.1) is 13.2 Å². The van der Waals surface area contributed by atoms with E-state index in [2.05, 4.69) is 15.0 Å². The van der Waals surface area contributed by atoms with E-state index in [1.54, 1.807) is 6.92 Å². The highest BCUT2D eigenvalue weighted by atomic mass is 32.1. The lowest BCUT2D eigenvalue weighted by molar-refractivity contribution is 0.0691. The number of hydrogen-bond donors (Lipinski definition) is 2. The van der Waals surface area contributed by atoms with Crippen LogP contribution in [0.5, 0.6) is 0 Å². The Morgan fingerprint density at radius 3 is 2.80 bits per heavy atom. The van der Waals surface area contributed by atoms with Gasteiger partial charge in [0.1, 0.15) is 5.01 Å². The van der Waals surface area contributed by atoms with Crippen LogP contribution in [0.15, 0.2) is 5.38 Å². The molecule has 1 rings (SSSR count). The van der Waals surface area contributed by atoms with Gasteiger partial charge in [-0.25, -0.2) is 14.6 Å². The number of ether oxygens (including phenoxy) is 1. The second kappa shape index (κ2) is 4.74. The summed E-state index contributed by atoms with van der Waals surface area (Å²) in [6.07, 6.45) is -0.574. The van der Waals surface area contributed by atoms with E-state index < -0.39 is 12.1 Å². The van der Waals surface area contributed by atoms with Gasteiger partial charge in [-0.05, 0) is 6.92 Å². The Morgan fingerprint density at radius 2 is 2.33 bits per heavy atom. The standard InChI is InChI=1S/C8H10N2O4S/c1-4(9-8(13)14-2)6-10-5(3-15-6)7(11)12/h3-4H,1-2H3,(H,9,13)(H,11,12). The molecule has 0 radical (unpaired) electrons. The Morgan fingerprint density at radius 1 is 1.67 bits per heavy atom. The van der Waals surface area contributed by atoms with E-state index in [0.717, 1.165) is 0 Å². The molecule has 1 amide bonds. The summed E-state index contributed by atoms with van der Waals surface area (Å²) in [7, 11) is 1.26. The topological polar surface area (TPSA) is 88.5 Å². The lowest BCUT2D eigenvalue weighted by Crippen LogP contribution is -2.26. The van der Waals surface area contributed by atoms with E-state index in [-0.39, 0.29) is 11.7 Å². The van der Waals surface area contributed by atoms with Gasteiger partial charge in [0, 0.05) is 5.38 Å². The summed E-state index contributed by atoms with van der Waals surface area (Å²) in [5.74, 6) is -1.08. The Kier molecular flexibility index (Phi) is 3.62. The maximum absolute atomic E-state index is 10.9. The lowest BCUT2D eigenvalue weighted by Gasteiger charge is -2.08. The van der Waals surface area contributed by atoms with E-state index in [9.17, 15) is 9.59 Å². The van der Waals surface area contributed by atoms with Crippen LogP contribution in [-0.4, -0.2) is 29.3 Å². The van der Waals surface area contributed by atoms with Crippen molar-refractivity contribution in [3.05, 3.63) is 16.1 Å². The van der Waals surface area contributed by atoms with Gasteiger partial charge in [0.15, 0.2) is 5.69 Å². The molecule has 0 fully saturated rings. The van der Waals surface area contributed by atoms with Gasteiger partial charge in [-0.3, -0.25) is 0 Å². The third kappa shape index (κ3) is 2.91. The fraction of sp³-hybridized carbons (Fsp3) is 0.375. The Hall–Kier alpha value is -1.63. The molecule has 82 valence electrons. The number of thiazole rings is 1. The zero-order valence-electron chi connectivity index (χ0n) is 8.18. The van der Waals surface area contributed by atoms with E-state index in [1.807, 2.05) is 0 Å². The van der Waals surface area contributed by atoms with Gasteiger partial charge in [0.25, 0.3) is 0 Å². The molecule has 0 saturated carbocycles. The van der Waals surface area contributed by atoms with Crippen LogP contribution in [0.25, 0.3) is 0 Å². The van der Waals surface area contributed by atoms with Gasteiger partial charge < -0.3 is 15.2 Å². The molecule has 1 unspecified atom stereocenters. The zero-order chi connectivity index (χ0) is 11.4. The minimum atomic E-state index is -1.08. The van der Waals surface area contributed by atoms with Crippen molar-refractivity contribution in [2.75, 3.05) is 7.11 Å². The van der Waals surface area contributed by atoms with Gasteiger partial charge in [-0.2, -0.15) is 0 Å². The van der Waals surface area contributed by atoms with Crippen molar-refractivity contribution >= 4 is 23.4 Å². The fourth-order valence-electron chi connectivity index (χ4n) is 0.882. The first kappa shape index (κ1) is 11.4. The Bertz CT molecular complexity index is 376. The highest BCUT2D eigenvalue weighted by molar-refractivity contribution is 7.09. The number of alkyl carbamates (subject to hydrolysis) is 1. The zero-order valence-corrected chi connectivity index (χ0v) is 9.00. The molecule has 1 atom stereocenters. The molecular weight excluding hydrogens is 220 g/mol. The lowest BCUT2D eigenvalue weighted by atomic mass is 10.3. The van der Waals surface area contributed by atoms with Crippen LogP contribution in [0.2, 0.25) is 0 Å². The molecule has 0 spiro atoms. The van der Waals surface area contributed by atoms with Crippen LogP contribution in [-0.2, 0) is 4.74 Å². The van der Waals surface area contributed by atoms with Crippen LogP contribution >= 0.6 is 11.3 Å². The van der Waals surface area contributed by atoms with Gasteiger partial charge in [0.2, 0.25) is 0 Å². The monoisotopic (exact) mass is 230 g/mol. The minimum Gasteiger partial charge on any atom is -0.476 e. The van der Waals surface area contributed by atoms with Crippen molar-refractivity contribution in [3.63, 3.8) is 0 Å². The average Bonchev–Trinajstić information content (AvgIpc) is 2.66. The average molecular weight is 230 g/mol. The van der Waals surface area contributed by atoms with E-state index >= 15 is 0 Å². The van der Waals surface area contributed by atoms with Crippen molar-refractivity contribution in [2.45, 2.75) is 13.0 Å². The number of amides is 1. The first-order valence-electron chi connectivity index (χ1n) is 4.07. The van der Waals surface area contributed by atoms with Crippen molar-refractivity contribution in [1.29, 1.82) is 0 Å². The number of carboxylic acid groups (broad SMARTS) is 1. The molecule has 0 saturated heterocycles. The number of carbonyl (C=O) groups excluding carboxylic acids is 1. The summed E-state index contributed by atoms with van der Waals surface area (Å²) in [5.41, 5.74) is -0.0199. The number of rotatable bonds is 3. The fourth-order valence-corrected chi connectivity index (χ4v) is 1.68. The number of methoxy groups -OCH3 is 1. The molecule has 0 aliphatic heterocycles. The molecule has 1 aromatic heterocycles. The maximum atomic E-state index is 10.9. The van der Waals surface area contributed by atoms with Gasteiger partial charge >= 0.3 is 12.1 Å². The van der Waals surface area contributed by atoms with Crippen LogP contribution < -0.4 is 5.32 Å². The molecule has 0 aliphatic rings. The van der Waals surface area contributed by atoms with E-state index in [4.69, 9.17) is 5.11 Å². The summed E-state index contributed by atoms with van der Waals surface area (Å²) >= 11 is 1.18. The van der Waals surface area contributed by atoms with Crippen molar-refractivity contribution in [2.24, 2.45) is 0 Å². The maximum Gasteiger partial charge on any atom is 0.407 e. The molecule has 7 heteroatoms. The number of nitrogens with zero attached hydrogens (tertiary/aromatic N) is 1. The summed E-state index contributed by atoms with van der Waals surface area (Å²) in [4.78, 5) is 25.3. The van der Waals surface area contributed by atoms with Crippen molar-refractivity contribution in [1.82, 2.24) is 10.3 Å². The molecule has 2 N–H and O–H groups in total. The highest BCUT2D eigenvalue weighted by Gasteiger charge is 2.15. The van der Waals surface area contributed by atoms with Crippen LogP contribution in [0.1, 0.15) is 28.5 Å². The summed E-state index contributed by atoms with van der Waals surface area (Å²) in [6, 6.07) is -0.365. The first-order valence-corrected chi connectivity index (χ1v) is 4.95. The predicted molar refractivity (Wildman–Crippen MR) is 53.0 cm³/mol. The number of aromatic nitrogens is 1. The van der Waals surface area contributed by atoms with E-state index in [1.165, 1.54) is 23.8 Å². The normalized spacial score (nSPS) is 11.9. The smallest absolute Gasteiger partial charge is 0.407 e. The second-order valence-corrected chi connectivity index (χ2v) is 3.62. The molecular formula is C8H10N2O4S. The molecule has 1 aromatic rings. The van der Waals surface area contributed by atoms with Crippen LogP contribution in [0.4, 0.5) is 4.79 Å². The van der Waals surface area contributed by atoms with Gasteiger partial charge in [-0.1, -0.05) is 0 Å². The molecule has 15 heavy (non-hydrogen) atoms. The Balaban J connectivity index is 2.69. The number of hydrogen-bond acceptors (Lipinski definition) is 5. The predicted octanol–water partition coefficient (Wildman–Crippen LogP) is 1.26. The second-order valence-electron chi connectivity index (χ2n) is 2.73. The van der Waals surface area contributed by atoms with Crippen molar-refractivity contribution in [3.8, 4) is 0 Å². The van der Waals surface area contributed by atoms with Gasteiger partial charge in [-0.15, -0.1) is 11.3 Å². The summed E-state index contributed by atoms with van der Waals surface area (Å²) in [5, 5.41) is 13.1. The minimum absolute atomic E-state index is 0.0199. The number of carboxylic acids is 1. The van der Waals surface area contributed by atoms with Crippen LogP contribution in [0, 0.1) is 0 Å². The summed E-state index contributed by atoms with van der Waals surface area (Å²) < 4.78 is 4.41. The van der Waals surface area contributed by atoms with Crippen molar-refractivity contribution < 1.29 is 19.4 Å². The Labute approximate surface area is 89.9 Å². The number of carbonyl (C=O) groups is 2. The molecule has 0 aromatic carbocycles. The SMILES string of the molecule is COC(=O)NC(C)c1nc(C(=O)O)cs1.